The molecular weight excluding hydrogens is 261 g/mol. The van der Waals surface area contributed by atoms with Gasteiger partial charge in [-0.15, -0.1) is 11.3 Å². The van der Waals surface area contributed by atoms with Crippen molar-refractivity contribution in [2.45, 2.75) is 19.6 Å². The first-order chi connectivity index (χ1) is 8.47. The van der Waals surface area contributed by atoms with Crippen LogP contribution in [0.3, 0.4) is 0 Å². The summed E-state index contributed by atoms with van der Waals surface area (Å²) in [5.41, 5.74) is 0.679. The summed E-state index contributed by atoms with van der Waals surface area (Å²) >= 11 is 1.58. The number of hydrogen-bond acceptors (Lipinski definition) is 3. The predicted octanol–water partition coefficient (Wildman–Crippen LogP) is 4.08. The maximum atomic E-state index is 12.5. The zero-order valence-electron chi connectivity index (χ0n) is 9.58. The molecule has 2 aromatic rings. The van der Waals surface area contributed by atoms with E-state index in [1.54, 1.807) is 11.3 Å². The molecule has 6 heteroatoms. The van der Waals surface area contributed by atoms with Crippen molar-refractivity contribution in [1.82, 2.24) is 4.98 Å². The van der Waals surface area contributed by atoms with Crippen molar-refractivity contribution in [1.29, 1.82) is 0 Å². The molecule has 0 saturated carbocycles. The zero-order chi connectivity index (χ0) is 13.2. The minimum Gasteiger partial charge on any atom is -0.380 e. The molecule has 0 bridgehead atoms. The van der Waals surface area contributed by atoms with Gasteiger partial charge >= 0.3 is 6.18 Å². The van der Waals surface area contributed by atoms with Gasteiger partial charge in [0, 0.05) is 23.3 Å². The van der Waals surface area contributed by atoms with Crippen molar-refractivity contribution in [2.75, 3.05) is 5.32 Å². The van der Waals surface area contributed by atoms with E-state index in [9.17, 15) is 13.2 Å². The van der Waals surface area contributed by atoms with Crippen LogP contribution in [-0.2, 0) is 12.7 Å². The minimum absolute atomic E-state index is 0.421. The van der Waals surface area contributed by atoms with E-state index in [1.165, 1.54) is 6.07 Å². The van der Waals surface area contributed by atoms with Crippen LogP contribution in [0.4, 0.5) is 18.9 Å². The Hall–Kier alpha value is -1.56. The van der Waals surface area contributed by atoms with Crippen molar-refractivity contribution in [3.63, 3.8) is 0 Å². The van der Waals surface area contributed by atoms with Crippen molar-refractivity contribution in [2.24, 2.45) is 0 Å². The van der Waals surface area contributed by atoms with E-state index in [2.05, 4.69) is 10.3 Å². The maximum Gasteiger partial charge on any atom is 0.433 e. The number of rotatable bonds is 3. The summed E-state index contributed by atoms with van der Waals surface area (Å²) in [6.07, 6.45) is -3.25. The summed E-state index contributed by atoms with van der Waals surface area (Å²) in [4.78, 5) is 4.42. The molecule has 96 valence electrons. The highest BCUT2D eigenvalue weighted by atomic mass is 32.1. The number of thiophene rings is 1. The molecular formula is C12H11F3N2S. The van der Waals surface area contributed by atoms with E-state index >= 15 is 0 Å². The van der Waals surface area contributed by atoms with Crippen molar-refractivity contribution < 1.29 is 13.2 Å². The Kier molecular flexibility index (Phi) is 3.56. The number of aromatic nitrogens is 1. The average Bonchev–Trinajstić information content (AvgIpc) is 2.72. The molecule has 2 nitrogen and oxygen atoms in total. The first-order valence-electron chi connectivity index (χ1n) is 5.27. The van der Waals surface area contributed by atoms with E-state index < -0.39 is 11.9 Å². The number of pyridine rings is 1. The second kappa shape index (κ2) is 4.97. The second-order valence-corrected chi connectivity index (χ2v) is 4.81. The normalized spacial score (nSPS) is 11.6. The van der Waals surface area contributed by atoms with Gasteiger partial charge in [-0.3, -0.25) is 4.98 Å². The molecule has 2 heterocycles. The Bertz CT molecular complexity index is 534. The highest BCUT2D eigenvalue weighted by Crippen LogP contribution is 2.29. The fourth-order valence-corrected chi connectivity index (χ4v) is 2.31. The Labute approximate surface area is 106 Å². The molecule has 0 saturated heterocycles. The lowest BCUT2D eigenvalue weighted by Crippen LogP contribution is -2.08. The van der Waals surface area contributed by atoms with E-state index in [1.807, 2.05) is 18.4 Å². The molecule has 1 N–H and O–H groups in total. The molecule has 0 aromatic carbocycles. The average molecular weight is 272 g/mol. The SMILES string of the molecule is Cc1ccsc1CNc1ccnc(C(F)(F)F)c1. The third-order valence-corrected chi connectivity index (χ3v) is 3.49. The zero-order valence-corrected chi connectivity index (χ0v) is 10.4. The molecule has 2 rings (SSSR count). The van der Waals surface area contributed by atoms with Crippen LogP contribution in [0.25, 0.3) is 0 Å². The topological polar surface area (TPSA) is 24.9 Å². The Balaban J connectivity index is 2.09. The highest BCUT2D eigenvalue weighted by molar-refractivity contribution is 7.10. The van der Waals surface area contributed by atoms with Crippen LogP contribution in [0.2, 0.25) is 0 Å². The quantitative estimate of drug-likeness (QED) is 0.910. The van der Waals surface area contributed by atoms with Gasteiger partial charge in [0.05, 0.1) is 0 Å². The van der Waals surface area contributed by atoms with Crippen LogP contribution in [0, 0.1) is 6.92 Å². The standard InChI is InChI=1S/C12H11F3N2S/c1-8-3-5-18-10(8)7-17-9-2-4-16-11(6-9)12(13,14)15/h2-6H,7H2,1H3,(H,16,17). The summed E-state index contributed by atoms with van der Waals surface area (Å²) < 4.78 is 37.4. The molecule has 0 fully saturated rings. The van der Waals surface area contributed by atoms with Crippen molar-refractivity contribution in [3.05, 3.63) is 45.9 Å². The van der Waals surface area contributed by atoms with Gasteiger partial charge in [0.15, 0.2) is 0 Å². The molecule has 18 heavy (non-hydrogen) atoms. The highest BCUT2D eigenvalue weighted by Gasteiger charge is 2.32. The molecule has 0 radical (unpaired) electrons. The summed E-state index contributed by atoms with van der Waals surface area (Å²) in [5.74, 6) is 0. The molecule has 0 amide bonds. The van der Waals surface area contributed by atoms with Gasteiger partial charge in [0.1, 0.15) is 5.69 Å². The fourth-order valence-electron chi connectivity index (χ4n) is 1.46. The predicted molar refractivity (Wildman–Crippen MR) is 65.6 cm³/mol. The van der Waals surface area contributed by atoms with Gasteiger partial charge in [-0.1, -0.05) is 0 Å². The molecule has 0 atom stereocenters. The van der Waals surface area contributed by atoms with Gasteiger partial charge in [0.2, 0.25) is 0 Å². The third-order valence-electron chi connectivity index (χ3n) is 2.47. The Morgan fingerprint density at radius 2 is 2.11 bits per heavy atom. The molecule has 0 unspecified atom stereocenters. The maximum absolute atomic E-state index is 12.5. The van der Waals surface area contributed by atoms with Crippen LogP contribution in [0.1, 0.15) is 16.1 Å². The molecule has 0 aliphatic rings. The van der Waals surface area contributed by atoms with E-state index in [-0.39, 0.29) is 0 Å². The largest absolute Gasteiger partial charge is 0.433 e. The number of alkyl halides is 3. The number of nitrogens with one attached hydrogen (secondary N) is 1. The summed E-state index contributed by atoms with van der Waals surface area (Å²) in [6, 6.07) is 4.52. The number of aryl methyl sites for hydroxylation is 1. The van der Waals surface area contributed by atoms with Gasteiger partial charge in [-0.05, 0) is 36.1 Å². The Morgan fingerprint density at radius 1 is 1.33 bits per heavy atom. The van der Waals surface area contributed by atoms with Crippen LogP contribution in [0.5, 0.6) is 0 Å². The summed E-state index contributed by atoms with van der Waals surface area (Å²) in [6.45, 7) is 2.49. The first kappa shape index (κ1) is 12.9. The van der Waals surface area contributed by atoms with Crippen LogP contribution in [0.15, 0.2) is 29.8 Å². The van der Waals surface area contributed by atoms with Crippen molar-refractivity contribution in [3.8, 4) is 0 Å². The molecule has 0 spiro atoms. The van der Waals surface area contributed by atoms with Crippen LogP contribution < -0.4 is 5.32 Å². The fraction of sp³-hybridized carbons (Fsp3) is 0.250. The number of anilines is 1. The smallest absolute Gasteiger partial charge is 0.380 e. The summed E-state index contributed by atoms with van der Waals surface area (Å²) in [5, 5.41) is 4.93. The van der Waals surface area contributed by atoms with Crippen LogP contribution in [-0.4, -0.2) is 4.98 Å². The van der Waals surface area contributed by atoms with E-state index in [0.717, 1.165) is 22.7 Å². The molecule has 0 aliphatic carbocycles. The number of hydrogen-bond donors (Lipinski definition) is 1. The Morgan fingerprint density at radius 3 is 2.72 bits per heavy atom. The monoisotopic (exact) mass is 272 g/mol. The van der Waals surface area contributed by atoms with Gasteiger partial charge < -0.3 is 5.32 Å². The van der Waals surface area contributed by atoms with Gasteiger partial charge in [-0.25, -0.2) is 0 Å². The lowest BCUT2D eigenvalue weighted by Gasteiger charge is -2.09. The minimum atomic E-state index is -4.41. The summed E-state index contributed by atoms with van der Waals surface area (Å²) in [7, 11) is 0. The molecule has 0 aliphatic heterocycles. The van der Waals surface area contributed by atoms with E-state index in [4.69, 9.17) is 0 Å². The first-order valence-corrected chi connectivity index (χ1v) is 6.15. The van der Waals surface area contributed by atoms with E-state index in [0.29, 0.717) is 12.2 Å². The van der Waals surface area contributed by atoms with Gasteiger partial charge in [-0.2, -0.15) is 13.2 Å². The molecule has 2 aromatic heterocycles. The number of nitrogens with zero attached hydrogens (tertiary/aromatic N) is 1. The van der Waals surface area contributed by atoms with Crippen LogP contribution >= 0.6 is 11.3 Å². The van der Waals surface area contributed by atoms with Gasteiger partial charge in [0.25, 0.3) is 0 Å². The lowest BCUT2D eigenvalue weighted by molar-refractivity contribution is -0.141. The second-order valence-electron chi connectivity index (χ2n) is 3.81. The lowest BCUT2D eigenvalue weighted by atomic mass is 10.2. The van der Waals surface area contributed by atoms with Crippen molar-refractivity contribution >= 4 is 17.0 Å². The number of halogens is 3. The third kappa shape index (κ3) is 3.01.